The summed E-state index contributed by atoms with van der Waals surface area (Å²) in [6, 6.07) is 5.66. The van der Waals surface area contributed by atoms with Crippen LogP contribution < -0.4 is 0 Å². The van der Waals surface area contributed by atoms with Gasteiger partial charge in [0.2, 0.25) is 5.91 Å². The van der Waals surface area contributed by atoms with Gasteiger partial charge < -0.3 is 14.9 Å². The van der Waals surface area contributed by atoms with Gasteiger partial charge in [-0.05, 0) is 93.6 Å². The molecule has 2 heterocycles. The van der Waals surface area contributed by atoms with Crippen LogP contribution in [0.25, 0.3) is 0 Å². The molecule has 1 N–H and O–H groups in total. The van der Waals surface area contributed by atoms with Gasteiger partial charge in [-0.3, -0.25) is 14.5 Å². The van der Waals surface area contributed by atoms with E-state index in [9.17, 15) is 45.4 Å². The SMILES string of the molecule is Cc1cc(F)ccc1C1CN(C2CCN(C(=O)C(C)(C)O)CC2)CCC1C(=O)N(C)Cc1cc(C(F)(F)F)cc(C(F)(F)F)c1.Cl. The lowest BCUT2D eigenvalue weighted by molar-refractivity contribution is -0.150. The van der Waals surface area contributed by atoms with Crippen molar-refractivity contribution in [2.75, 3.05) is 33.2 Å². The maximum atomic E-state index is 14.0. The molecule has 2 unspecified atom stereocenters. The van der Waals surface area contributed by atoms with E-state index in [-0.39, 0.29) is 36.0 Å². The normalized spacial score (nSPS) is 20.3. The Kier molecular flexibility index (Phi) is 11.5. The third-order valence-corrected chi connectivity index (χ3v) is 8.83. The molecule has 2 aliphatic heterocycles. The second kappa shape index (κ2) is 14.1. The predicted octanol–water partition coefficient (Wildman–Crippen LogP) is 6.42. The molecule has 0 bridgehead atoms. The van der Waals surface area contributed by atoms with Gasteiger partial charge in [-0.2, -0.15) is 26.3 Å². The molecule has 2 aromatic carbocycles. The fourth-order valence-electron chi connectivity index (χ4n) is 6.54. The third-order valence-electron chi connectivity index (χ3n) is 8.83. The summed E-state index contributed by atoms with van der Waals surface area (Å²) < 4.78 is 94.6. The number of halogens is 8. The molecule has 6 nitrogen and oxygen atoms in total. The first-order valence-corrected chi connectivity index (χ1v) is 14.8. The average Bonchev–Trinajstić information content (AvgIpc) is 2.94. The molecule has 256 valence electrons. The number of rotatable bonds is 6. The van der Waals surface area contributed by atoms with Crippen molar-refractivity contribution in [2.24, 2.45) is 5.92 Å². The fourth-order valence-corrected chi connectivity index (χ4v) is 6.54. The number of likely N-dealkylation sites (tertiary alicyclic amines) is 2. The molecule has 0 saturated carbocycles. The topological polar surface area (TPSA) is 64.1 Å². The number of hydrogen-bond acceptors (Lipinski definition) is 4. The molecular formula is C32H39ClF7N3O3. The van der Waals surface area contributed by atoms with Crippen molar-refractivity contribution >= 4 is 24.2 Å². The minimum absolute atomic E-state index is 0. The molecule has 2 amide bonds. The molecule has 0 spiro atoms. The van der Waals surface area contributed by atoms with E-state index in [1.54, 1.807) is 17.9 Å². The summed E-state index contributed by atoms with van der Waals surface area (Å²) in [4.78, 5) is 31.4. The Bertz CT molecular complexity index is 1370. The Labute approximate surface area is 269 Å². The molecule has 2 fully saturated rings. The number of piperidine rings is 2. The van der Waals surface area contributed by atoms with Crippen molar-refractivity contribution in [3.63, 3.8) is 0 Å². The number of carbonyl (C=O) groups is 2. The standard InChI is InChI=1S/C32H38F7N3O3.ClH/c1-19-13-23(33)5-6-25(19)27-18-42(24-7-10-41(11-8-24)29(44)30(2,3)45)12-9-26(27)28(43)40(4)17-20-14-21(31(34,35)36)16-22(15-20)32(37,38)39;/h5-6,13-16,24,26-27,45H,7-12,17-18H2,1-4H3;1H. The van der Waals surface area contributed by atoms with Crippen molar-refractivity contribution in [1.82, 2.24) is 14.7 Å². The maximum Gasteiger partial charge on any atom is 0.416 e. The molecule has 14 heteroatoms. The molecule has 46 heavy (non-hydrogen) atoms. The highest BCUT2D eigenvalue weighted by molar-refractivity contribution is 5.85. The lowest BCUT2D eigenvalue weighted by Gasteiger charge is -2.46. The zero-order valence-electron chi connectivity index (χ0n) is 26.0. The zero-order chi connectivity index (χ0) is 33.5. The van der Waals surface area contributed by atoms with Gasteiger partial charge in [0.25, 0.3) is 5.91 Å². The summed E-state index contributed by atoms with van der Waals surface area (Å²) in [5, 5.41) is 10.1. The van der Waals surface area contributed by atoms with Crippen molar-refractivity contribution < 1.29 is 45.4 Å². The summed E-state index contributed by atoms with van der Waals surface area (Å²) >= 11 is 0. The Balaban J connectivity index is 0.00000576. The van der Waals surface area contributed by atoms with Gasteiger partial charge in [0.1, 0.15) is 11.4 Å². The van der Waals surface area contributed by atoms with Crippen LogP contribution in [-0.2, 0) is 28.5 Å². The van der Waals surface area contributed by atoms with Crippen LogP contribution >= 0.6 is 12.4 Å². The minimum Gasteiger partial charge on any atom is -0.381 e. The summed E-state index contributed by atoms with van der Waals surface area (Å²) in [7, 11) is 1.35. The number of aliphatic hydroxyl groups is 1. The van der Waals surface area contributed by atoms with E-state index in [1.807, 2.05) is 0 Å². The van der Waals surface area contributed by atoms with Gasteiger partial charge in [-0.1, -0.05) is 6.07 Å². The number of aryl methyl sites for hydroxylation is 1. The number of nitrogens with zero attached hydrogens (tertiary/aromatic N) is 3. The first kappa shape index (κ1) is 37.6. The van der Waals surface area contributed by atoms with E-state index in [4.69, 9.17) is 0 Å². The predicted molar refractivity (Wildman–Crippen MR) is 160 cm³/mol. The summed E-state index contributed by atoms with van der Waals surface area (Å²) in [6.45, 7) is 5.98. The van der Waals surface area contributed by atoms with Gasteiger partial charge >= 0.3 is 12.4 Å². The van der Waals surface area contributed by atoms with E-state index in [0.717, 1.165) is 10.5 Å². The molecule has 0 radical (unpaired) electrons. The van der Waals surface area contributed by atoms with Crippen molar-refractivity contribution in [3.8, 4) is 0 Å². The molecule has 2 aliphatic rings. The molecule has 4 rings (SSSR count). The highest BCUT2D eigenvalue weighted by atomic mass is 35.5. The van der Waals surface area contributed by atoms with E-state index in [1.165, 1.54) is 33.0 Å². The van der Waals surface area contributed by atoms with E-state index in [0.29, 0.717) is 63.1 Å². The van der Waals surface area contributed by atoms with Crippen LogP contribution in [0.3, 0.4) is 0 Å². The van der Waals surface area contributed by atoms with E-state index >= 15 is 0 Å². The van der Waals surface area contributed by atoms with E-state index in [2.05, 4.69) is 4.90 Å². The van der Waals surface area contributed by atoms with Crippen LogP contribution in [0, 0.1) is 18.7 Å². The Morgan fingerprint density at radius 3 is 1.98 bits per heavy atom. The lowest BCUT2D eigenvalue weighted by atomic mass is 9.77. The van der Waals surface area contributed by atoms with Gasteiger partial charge in [0.15, 0.2) is 0 Å². The smallest absolute Gasteiger partial charge is 0.381 e. The number of hydrogen-bond donors (Lipinski definition) is 1. The minimum atomic E-state index is -5.01. The van der Waals surface area contributed by atoms with Crippen molar-refractivity contribution in [2.45, 2.75) is 76.5 Å². The van der Waals surface area contributed by atoms with Gasteiger partial charge in [0, 0.05) is 51.1 Å². The zero-order valence-corrected chi connectivity index (χ0v) is 26.8. The average molecular weight is 682 g/mol. The second-order valence-electron chi connectivity index (χ2n) is 12.7. The summed E-state index contributed by atoms with van der Waals surface area (Å²) in [5.74, 6) is -2.30. The number of carbonyl (C=O) groups excluding carboxylic acids is 2. The number of alkyl halides is 6. The Morgan fingerprint density at radius 2 is 1.48 bits per heavy atom. The highest BCUT2D eigenvalue weighted by Crippen LogP contribution is 2.39. The third kappa shape index (κ3) is 8.71. The lowest BCUT2D eigenvalue weighted by Crippen LogP contribution is -2.54. The van der Waals surface area contributed by atoms with E-state index < -0.39 is 59.2 Å². The number of amides is 2. The van der Waals surface area contributed by atoms with Gasteiger partial charge in [-0.25, -0.2) is 4.39 Å². The largest absolute Gasteiger partial charge is 0.416 e. The quantitative estimate of drug-likeness (QED) is 0.358. The molecular weight excluding hydrogens is 643 g/mol. The Morgan fingerprint density at radius 1 is 0.913 bits per heavy atom. The summed E-state index contributed by atoms with van der Waals surface area (Å²) in [5.41, 5.74) is -3.31. The summed E-state index contributed by atoms with van der Waals surface area (Å²) in [6.07, 6.45) is -8.36. The molecule has 2 saturated heterocycles. The van der Waals surface area contributed by atoms with Gasteiger partial charge in [-0.15, -0.1) is 12.4 Å². The Hall–Kier alpha value is -2.90. The molecule has 2 aromatic rings. The van der Waals surface area contributed by atoms with Gasteiger partial charge in [0.05, 0.1) is 11.1 Å². The van der Waals surface area contributed by atoms with Crippen LogP contribution in [-0.4, -0.2) is 76.5 Å². The van der Waals surface area contributed by atoms with Crippen molar-refractivity contribution in [1.29, 1.82) is 0 Å². The molecule has 0 aromatic heterocycles. The van der Waals surface area contributed by atoms with Crippen LogP contribution in [0.1, 0.15) is 66.8 Å². The maximum absolute atomic E-state index is 14.0. The fraction of sp³-hybridized carbons (Fsp3) is 0.562. The monoisotopic (exact) mass is 681 g/mol. The molecule has 2 atom stereocenters. The van der Waals surface area contributed by atoms with Crippen LogP contribution in [0.15, 0.2) is 36.4 Å². The van der Waals surface area contributed by atoms with Crippen LogP contribution in [0.5, 0.6) is 0 Å². The van der Waals surface area contributed by atoms with Crippen LogP contribution in [0.2, 0.25) is 0 Å². The van der Waals surface area contributed by atoms with Crippen LogP contribution in [0.4, 0.5) is 30.7 Å². The first-order chi connectivity index (χ1) is 20.8. The molecule has 0 aliphatic carbocycles. The highest BCUT2D eigenvalue weighted by Gasteiger charge is 2.41. The second-order valence-corrected chi connectivity index (χ2v) is 12.7. The van der Waals surface area contributed by atoms with Crippen molar-refractivity contribution in [3.05, 3.63) is 70.0 Å². The first-order valence-electron chi connectivity index (χ1n) is 14.8. The number of benzene rings is 2.